The number of hydrogen-bond donors (Lipinski definition) is 2. The van der Waals surface area contributed by atoms with E-state index in [0.29, 0.717) is 22.9 Å². The summed E-state index contributed by atoms with van der Waals surface area (Å²) in [6.45, 7) is 2.03. The number of carbonyl (C=O) groups is 1. The molecule has 102 valence electrons. The lowest BCUT2D eigenvalue weighted by molar-refractivity contribution is 0.0925. The van der Waals surface area contributed by atoms with Crippen molar-refractivity contribution in [2.45, 2.75) is 25.8 Å². The van der Waals surface area contributed by atoms with Gasteiger partial charge in [0.05, 0.1) is 6.26 Å². The second-order valence-corrected chi connectivity index (χ2v) is 4.96. The molecule has 0 aliphatic rings. The lowest BCUT2D eigenvalue weighted by Crippen LogP contribution is -2.35. The number of amides is 1. The topological polar surface area (TPSA) is 75.4 Å². The highest BCUT2D eigenvalue weighted by Crippen LogP contribution is 2.23. The Morgan fingerprint density at radius 3 is 3.11 bits per heavy atom. The molecular formula is C13H16N2O3S. The van der Waals surface area contributed by atoms with E-state index in [0.717, 1.165) is 6.42 Å². The first-order valence-electron chi connectivity index (χ1n) is 6.15. The van der Waals surface area contributed by atoms with E-state index in [9.17, 15) is 4.79 Å². The molecule has 2 rings (SSSR count). The Labute approximate surface area is 115 Å². The molecule has 5 nitrogen and oxygen atoms in total. The van der Waals surface area contributed by atoms with E-state index in [1.54, 1.807) is 23.8 Å². The molecule has 0 saturated carbocycles. The highest BCUT2D eigenvalue weighted by molar-refractivity contribution is 7.13. The zero-order valence-electron chi connectivity index (χ0n) is 10.6. The Bertz CT molecular complexity index is 522. The van der Waals surface area contributed by atoms with Crippen LogP contribution in [0.1, 0.15) is 30.3 Å². The summed E-state index contributed by atoms with van der Waals surface area (Å²) in [5, 5.41) is 14.2. The number of aromatic nitrogens is 1. The molecule has 19 heavy (non-hydrogen) atoms. The summed E-state index contributed by atoms with van der Waals surface area (Å²) >= 11 is 1.37. The summed E-state index contributed by atoms with van der Waals surface area (Å²) in [7, 11) is 0. The number of carbonyl (C=O) groups excluding carboxylic acids is 1. The van der Waals surface area contributed by atoms with Gasteiger partial charge in [-0.05, 0) is 25.0 Å². The van der Waals surface area contributed by atoms with Gasteiger partial charge in [-0.2, -0.15) is 0 Å². The van der Waals surface area contributed by atoms with Gasteiger partial charge in [0, 0.05) is 18.0 Å². The molecule has 0 aliphatic carbocycles. The second kappa shape index (κ2) is 6.49. The molecule has 0 spiro atoms. The number of rotatable bonds is 6. The summed E-state index contributed by atoms with van der Waals surface area (Å²) in [6, 6.07) is 3.57. The zero-order valence-corrected chi connectivity index (χ0v) is 11.4. The fourth-order valence-electron chi connectivity index (χ4n) is 1.68. The van der Waals surface area contributed by atoms with Crippen LogP contribution < -0.4 is 5.32 Å². The third kappa shape index (κ3) is 3.42. The molecule has 2 aromatic heterocycles. The van der Waals surface area contributed by atoms with Gasteiger partial charge in [0.15, 0.2) is 10.8 Å². The van der Waals surface area contributed by atoms with Gasteiger partial charge in [-0.1, -0.05) is 6.92 Å². The van der Waals surface area contributed by atoms with Crippen molar-refractivity contribution in [3.05, 3.63) is 29.5 Å². The SMILES string of the molecule is CCC(CCO)NC(=O)c1csc(-c2ccco2)n1. The van der Waals surface area contributed by atoms with Crippen LogP contribution in [0.15, 0.2) is 28.2 Å². The Balaban J connectivity index is 2.04. The van der Waals surface area contributed by atoms with Crippen LogP contribution in [0.2, 0.25) is 0 Å². The van der Waals surface area contributed by atoms with Crippen LogP contribution in [-0.4, -0.2) is 28.6 Å². The molecule has 1 unspecified atom stereocenters. The molecule has 0 radical (unpaired) electrons. The van der Waals surface area contributed by atoms with Crippen molar-refractivity contribution in [2.24, 2.45) is 0 Å². The van der Waals surface area contributed by atoms with Crippen molar-refractivity contribution in [2.75, 3.05) is 6.61 Å². The summed E-state index contributed by atoms with van der Waals surface area (Å²) < 4.78 is 5.24. The van der Waals surface area contributed by atoms with E-state index in [2.05, 4.69) is 10.3 Å². The van der Waals surface area contributed by atoms with E-state index in [1.165, 1.54) is 11.3 Å². The number of nitrogens with one attached hydrogen (secondary N) is 1. The van der Waals surface area contributed by atoms with Crippen LogP contribution in [-0.2, 0) is 0 Å². The smallest absolute Gasteiger partial charge is 0.270 e. The van der Waals surface area contributed by atoms with Gasteiger partial charge in [0.1, 0.15) is 5.69 Å². The van der Waals surface area contributed by atoms with Gasteiger partial charge in [0.2, 0.25) is 0 Å². The van der Waals surface area contributed by atoms with Crippen LogP contribution in [0.25, 0.3) is 10.8 Å². The molecule has 0 fully saturated rings. The Hall–Kier alpha value is -1.66. The summed E-state index contributed by atoms with van der Waals surface area (Å²) in [5.41, 5.74) is 0.382. The lowest BCUT2D eigenvalue weighted by atomic mass is 10.1. The number of aliphatic hydroxyl groups excluding tert-OH is 1. The van der Waals surface area contributed by atoms with Crippen LogP contribution in [0.5, 0.6) is 0 Å². The van der Waals surface area contributed by atoms with Crippen LogP contribution >= 0.6 is 11.3 Å². The monoisotopic (exact) mass is 280 g/mol. The van der Waals surface area contributed by atoms with Crippen molar-refractivity contribution >= 4 is 17.2 Å². The number of hydrogen-bond acceptors (Lipinski definition) is 5. The van der Waals surface area contributed by atoms with E-state index >= 15 is 0 Å². The van der Waals surface area contributed by atoms with Gasteiger partial charge in [-0.15, -0.1) is 11.3 Å². The minimum Gasteiger partial charge on any atom is -0.462 e. The Morgan fingerprint density at radius 2 is 2.47 bits per heavy atom. The molecule has 0 aliphatic heterocycles. The van der Waals surface area contributed by atoms with Crippen molar-refractivity contribution in [1.29, 1.82) is 0 Å². The van der Waals surface area contributed by atoms with Crippen LogP contribution in [0, 0.1) is 0 Å². The maximum atomic E-state index is 12.0. The quantitative estimate of drug-likeness (QED) is 0.851. The van der Waals surface area contributed by atoms with Crippen molar-refractivity contribution in [1.82, 2.24) is 10.3 Å². The maximum absolute atomic E-state index is 12.0. The number of nitrogens with zero attached hydrogens (tertiary/aromatic N) is 1. The minimum atomic E-state index is -0.214. The first-order chi connectivity index (χ1) is 9.24. The first kappa shape index (κ1) is 13.8. The molecule has 2 N–H and O–H groups in total. The molecule has 1 atom stereocenters. The predicted molar refractivity (Wildman–Crippen MR) is 73.1 cm³/mol. The Morgan fingerprint density at radius 1 is 1.63 bits per heavy atom. The van der Waals surface area contributed by atoms with E-state index in [4.69, 9.17) is 9.52 Å². The molecule has 2 heterocycles. The first-order valence-corrected chi connectivity index (χ1v) is 7.03. The summed E-state index contributed by atoms with van der Waals surface area (Å²) in [4.78, 5) is 16.2. The fourth-order valence-corrected chi connectivity index (χ4v) is 2.45. The van der Waals surface area contributed by atoms with Crippen LogP contribution in [0.3, 0.4) is 0 Å². The predicted octanol–water partition coefficient (Wildman–Crippen LogP) is 2.29. The molecular weight excluding hydrogens is 264 g/mol. The lowest BCUT2D eigenvalue weighted by Gasteiger charge is -2.14. The average molecular weight is 280 g/mol. The largest absolute Gasteiger partial charge is 0.462 e. The highest BCUT2D eigenvalue weighted by Gasteiger charge is 2.16. The van der Waals surface area contributed by atoms with E-state index in [1.807, 2.05) is 6.92 Å². The van der Waals surface area contributed by atoms with Gasteiger partial charge < -0.3 is 14.8 Å². The number of thiazole rings is 1. The maximum Gasteiger partial charge on any atom is 0.270 e. The van der Waals surface area contributed by atoms with Crippen molar-refractivity contribution in [3.8, 4) is 10.8 Å². The van der Waals surface area contributed by atoms with Gasteiger partial charge >= 0.3 is 0 Å². The van der Waals surface area contributed by atoms with E-state index in [-0.39, 0.29) is 18.6 Å². The highest BCUT2D eigenvalue weighted by atomic mass is 32.1. The molecule has 6 heteroatoms. The molecule has 1 amide bonds. The standard InChI is InChI=1S/C13H16N2O3S/c1-2-9(5-6-16)14-12(17)10-8-19-13(15-10)11-4-3-7-18-11/h3-4,7-9,16H,2,5-6H2,1H3,(H,14,17). The zero-order chi connectivity index (χ0) is 13.7. The van der Waals surface area contributed by atoms with Gasteiger partial charge in [-0.3, -0.25) is 4.79 Å². The average Bonchev–Trinajstić information content (AvgIpc) is 3.08. The summed E-state index contributed by atoms with van der Waals surface area (Å²) in [6.07, 6.45) is 2.91. The molecule has 2 aromatic rings. The van der Waals surface area contributed by atoms with Gasteiger partial charge in [0.25, 0.3) is 5.91 Å². The minimum absolute atomic E-state index is 0.0220. The van der Waals surface area contributed by atoms with Gasteiger partial charge in [-0.25, -0.2) is 4.98 Å². The summed E-state index contributed by atoms with van der Waals surface area (Å²) in [5.74, 6) is 0.445. The van der Waals surface area contributed by atoms with Crippen molar-refractivity contribution in [3.63, 3.8) is 0 Å². The fraction of sp³-hybridized carbons (Fsp3) is 0.385. The van der Waals surface area contributed by atoms with Crippen molar-refractivity contribution < 1.29 is 14.3 Å². The Kier molecular flexibility index (Phi) is 4.70. The molecule has 0 aromatic carbocycles. The third-order valence-electron chi connectivity index (χ3n) is 2.77. The number of furan rings is 1. The third-order valence-corrected chi connectivity index (χ3v) is 3.63. The van der Waals surface area contributed by atoms with Crippen LogP contribution in [0.4, 0.5) is 0 Å². The molecule has 0 saturated heterocycles. The molecule has 0 bridgehead atoms. The second-order valence-electron chi connectivity index (χ2n) is 4.11. The number of aliphatic hydroxyl groups is 1. The normalized spacial score (nSPS) is 12.3. The van der Waals surface area contributed by atoms with E-state index < -0.39 is 0 Å².